The first-order chi connectivity index (χ1) is 12.0. The van der Waals surface area contributed by atoms with Gasteiger partial charge in [0.1, 0.15) is 5.71 Å². The van der Waals surface area contributed by atoms with E-state index in [0.29, 0.717) is 31.8 Å². The Morgan fingerprint density at radius 3 is 2.64 bits per heavy atom. The van der Waals surface area contributed by atoms with Gasteiger partial charge in [-0.25, -0.2) is 5.01 Å². The molecular formula is C19H25N3O3. The molecular weight excluding hydrogens is 318 g/mol. The molecule has 6 heteroatoms. The van der Waals surface area contributed by atoms with E-state index in [1.54, 1.807) is 7.05 Å². The van der Waals surface area contributed by atoms with E-state index in [9.17, 15) is 9.59 Å². The molecule has 0 unspecified atom stereocenters. The molecule has 1 aromatic rings. The lowest BCUT2D eigenvalue weighted by Gasteiger charge is -2.36. The lowest BCUT2D eigenvalue weighted by Crippen LogP contribution is -2.48. The van der Waals surface area contributed by atoms with Gasteiger partial charge in [0.15, 0.2) is 0 Å². The quantitative estimate of drug-likeness (QED) is 0.847. The van der Waals surface area contributed by atoms with E-state index in [1.807, 2.05) is 24.8 Å². The maximum atomic E-state index is 13.3. The predicted molar refractivity (Wildman–Crippen MR) is 96.7 cm³/mol. The molecule has 25 heavy (non-hydrogen) atoms. The minimum absolute atomic E-state index is 0.0547. The smallest absolute Gasteiger partial charge is 0.274 e. The molecule has 2 amide bonds. The average Bonchev–Trinajstić information content (AvgIpc) is 2.61. The van der Waals surface area contributed by atoms with Crippen molar-refractivity contribution in [1.82, 2.24) is 5.01 Å². The first kappa shape index (κ1) is 17.6. The van der Waals surface area contributed by atoms with Crippen molar-refractivity contribution >= 4 is 23.2 Å². The minimum Gasteiger partial charge on any atom is -0.381 e. The van der Waals surface area contributed by atoms with Crippen LogP contribution >= 0.6 is 0 Å². The van der Waals surface area contributed by atoms with E-state index < -0.39 is 0 Å². The summed E-state index contributed by atoms with van der Waals surface area (Å²) in [5.41, 5.74) is 3.56. The molecule has 3 rings (SSSR count). The molecule has 6 nitrogen and oxygen atoms in total. The third kappa shape index (κ3) is 3.74. The average molecular weight is 343 g/mol. The normalized spacial score (nSPS) is 18.9. The van der Waals surface area contributed by atoms with Gasteiger partial charge >= 0.3 is 0 Å². The number of rotatable bonds is 3. The first-order valence-electron chi connectivity index (χ1n) is 8.80. The largest absolute Gasteiger partial charge is 0.381 e. The second kappa shape index (κ2) is 7.35. The minimum atomic E-state index is -0.0973. The number of aryl methyl sites for hydroxylation is 2. The van der Waals surface area contributed by atoms with E-state index in [1.165, 1.54) is 5.01 Å². The number of nitrogens with zero attached hydrogens (tertiary/aromatic N) is 3. The van der Waals surface area contributed by atoms with E-state index in [2.05, 4.69) is 17.2 Å². The third-order valence-electron chi connectivity index (χ3n) is 4.85. The third-order valence-corrected chi connectivity index (χ3v) is 4.85. The summed E-state index contributed by atoms with van der Waals surface area (Å²) >= 11 is 0. The highest BCUT2D eigenvalue weighted by Gasteiger charge is 2.33. The van der Waals surface area contributed by atoms with Crippen molar-refractivity contribution in [2.45, 2.75) is 45.6 Å². The summed E-state index contributed by atoms with van der Waals surface area (Å²) in [4.78, 5) is 26.9. The van der Waals surface area contributed by atoms with Crippen molar-refractivity contribution < 1.29 is 14.3 Å². The predicted octanol–water partition coefficient (Wildman–Crippen LogP) is 2.42. The van der Waals surface area contributed by atoms with Crippen LogP contribution in [0.3, 0.4) is 0 Å². The maximum absolute atomic E-state index is 13.3. The van der Waals surface area contributed by atoms with Gasteiger partial charge in [-0.1, -0.05) is 12.1 Å². The summed E-state index contributed by atoms with van der Waals surface area (Å²) in [7, 11) is 1.60. The van der Waals surface area contributed by atoms with Gasteiger partial charge < -0.3 is 9.64 Å². The molecule has 0 radical (unpaired) electrons. The topological polar surface area (TPSA) is 62.2 Å². The number of anilines is 1. The van der Waals surface area contributed by atoms with Crippen LogP contribution in [0.15, 0.2) is 23.3 Å². The Bertz CT molecular complexity index is 708. The molecule has 0 saturated carbocycles. The van der Waals surface area contributed by atoms with Gasteiger partial charge in [0.05, 0.1) is 0 Å². The van der Waals surface area contributed by atoms with Gasteiger partial charge in [-0.05, 0) is 43.9 Å². The van der Waals surface area contributed by atoms with Crippen molar-refractivity contribution in [2.24, 2.45) is 5.10 Å². The van der Waals surface area contributed by atoms with Crippen LogP contribution in [0.5, 0.6) is 0 Å². The Labute approximate surface area is 148 Å². The second-order valence-corrected chi connectivity index (χ2v) is 6.77. The monoisotopic (exact) mass is 343 g/mol. The zero-order chi connectivity index (χ0) is 18.0. The second-order valence-electron chi connectivity index (χ2n) is 6.77. The Hall–Kier alpha value is -2.21. The van der Waals surface area contributed by atoms with E-state index in [-0.39, 0.29) is 17.9 Å². The van der Waals surface area contributed by atoms with Gasteiger partial charge in [0.25, 0.3) is 5.91 Å². The fraction of sp³-hybridized carbons (Fsp3) is 0.526. The highest BCUT2D eigenvalue weighted by Crippen LogP contribution is 2.28. The highest BCUT2D eigenvalue weighted by atomic mass is 16.5. The molecule has 0 aromatic heterocycles. The molecule has 0 spiro atoms. The molecule has 2 aliphatic heterocycles. The van der Waals surface area contributed by atoms with Crippen molar-refractivity contribution in [3.8, 4) is 0 Å². The van der Waals surface area contributed by atoms with Gasteiger partial charge in [-0.15, -0.1) is 0 Å². The molecule has 0 bridgehead atoms. The number of amides is 2. The summed E-state index contributed by atoms with van der Waals surface area (Å²) in [5, 5.41) is 5.51. The van der Waals surface area contributed by atoms with Crippen LogP contribution in [0.1, 0.15) is 36.8 Å². The molecule has 2 heterocycles. The first-order valence-corrected chi connectivity index (χ1v) is 8.80. The molecule has 1 fully saturated rings. The fourth-order valence-electron chi connectivity index (χ4n) is 3.36. The molecule has 2 aliphatic rings. The van der Waals surface area contributed by atoms with Crippen LogP contribution in [0.4, 0.5) is 5.69 Å². The summed E-state index contributed by atoms with van der Waals surface area (Å²) in [6.45, 7) is 5.36. The number of hydrogen-bond donors (Lipinski definition) is 0. The molecule has 0 atom stereocenters. The summed E-state index contributed by atoms with van der Waals surface area (Å²) in [6, 6.07) is 6.24. The van der Waals surface area contributed by atoms with Crippen molar-refractivity contribution in [3.05, 3.63) is 29.3 Å². The zero-order valence-electron chi connectivity index (χ0n) is 15.1. The zero-order valence-corrected chi connectivity index (χ0v) is 15.1. The highest BCUT2D eigenvalue weighted by molar-refractivity contribution is 6.44. The van der Waals surface area contributed by atoms with Crippen LogP contribution in [0, 0.1) is 13.8 Å². The Morgan fingerprint density at radius 2 is 1.96 bits per heavy atom. The van der Waals surface area contributed by atoms with Crippen LogP contribution in [0.25, 0.3) is 0 Å². The number of carbonyl (C=O) groups is 2. The molecule has 1 aromatic carbocycles. The van der Waals surface area contributed by atoms with E-state index in [0.717, 1.165) is 29.7 Å². The van der Waals surface area contributed by atoms with Crippen LogP contribution in [-0.2, 0) is 14.3 Å². The summed E-state index contributed by atoms with van der Waals surface area (Å²) in [5.74, 6) is -0.152. The summed E-state index contributed by atoms with van der Waals surface area (Å²) < 4.78 is 5.47. The Morgan fingerprint density at radius 1 is 1.24 bits per heavy atom. The number of carbonyl (C=O) groups excluding carboxylic acids is 2. The number of ether oxygens (including phenoxy) is 1. The maximum Gasteiger partial charge on any atom is 0.274 e. The SMILES string of the molecule is Cc1ccc(C)c(N(C(=O)C2=NN(C)C(=O)CC2)C2CCOCC2)c1. The Kier molecular flexibility index (Phi) is 5.18. The van der Waals surface area contributed by atoms with Crippen molar-refractivity contribution in [1.29, 1.82) is 0 Å². The fourth-order valence-corrected chi connectivity index (χ4v) is 3.36. The van der Waals surface area contributed by atoms with Gasteiger partial charge in [-0.2, -0.15) is 5.10 Å². The Balaban J connectivity index is 1.99. The van der Waals surface area contributed by atoms with Crippen LogP contribution in [0.2, 0.25) is 0 Å². The number of hydrazone groups is 1. The standard InChI is InChI=1S/C19H25N3O3/c1-13-4-5-14(2)17(12-13)22(15-8-10-25-11-9-15)19(24)16-6-7-18(23)21(3)20-16/h4-5,12,15H,6-11H2,1-3H3. The molecule has 0 aliphatic carbocycles. The van der Waals surface area contributed by atoms with Gasteiger partial charge in [0, 0.05) is 44.8 Å². The molecule has 1 saturated heterocycles. The number of benzene rings is 1. The number of hydrogen-bond acceptors (Lipinski definition) is 4. The lowest BCUT2D eigenvalue weighted by atomic mass is 10.0. The molecule has 0 N–H and O–H groups in total. The van der Waals surface area contributed by atoms with Crippen molar-refractivity contribution in [2.75, 3.05) is 25.2 Å². The summed E-state index contributed by atoms with van der Waals surface area (Å²) in [6.07, 6.45) is 2.34. The van der Waals surface area contributed by atoms with Gasteiger partial charge in [-0.3, -0.25) is 9.59 Å². The van der Waals surface area contributed by atoms with Crippen molar-refractivity contribution in [3.63, 3.8) is 0 Å². The van der Waals surface area contributed by atoms with Crippen LogP contribution < -0.4 is 4.90 Å². The van der Waals surface area contributed by atoms with E-state index >= 15 is 0 Å². The van der Waals surface area contributed by atoms with Crippen LogP contribution in [-0.4, -0.2) is 48.8 Å². The van der Waals surface area contributed by atoms with Gasteiger partial charge in [0.2, 0.25) is 5.91 Å². The lowest BCUT2D eigenvalue weighted by molar-refractivity contribution is -0.130. The molecule has 134 valence electrons. The van der Waals surface area contributed by atoms with E-state index in [4.69, 9.17) is 4.74 Å².